The molecule has 0 N–H and O–H groups in total. The van der Waals surface area contributed by atoms with E-state index in [2.05, 4.69) is 13.5 Å². The van der Waals surface area contributed by atoms with Crippen molar-refractivity contribution < 1.29 is 19.1 Å². The summed E-state index contributed by atoms with van der Waals surface area (Å²) in [6, 6.07) is 0. The summed E-state index contributed by atoms with van der Waals surface area (Å²) in [5.74, 6) is -1.20. The average molecular weight is 282 g/mol. The molecule has 4 nitrogen and oxygen atoms in total. The second-order valence-corrected chi connectivity index (χ2v) is 5.29. The van der Waals surface area contributed by atoms with Crippen LogP contribution in [-0.2, 0) is 19.1 Å². The van der Waals surface area contributed by atoms with Crippen LogP contribution >= 0.6 is 0 Å². The lowest BCUT2D eigenvalue weighted by atomic mass is 9.79. The smallest absolute Gasteiger partial charge is 0.310 e. The van der Waals surface area contributed by atoms with E-state index in [4.69, 9.17) is 9.47 Å². The molecule has 1 fully saturated rings. The molecule has 0 amide bonds. The number of esters is 2. The van der Waals surface area contributed by atoms with Crippen molar-refractivity contribution in [2.24, 2.45) is 11.8 Å². The normalized spacial score (nSPS) is 22.1. The molecule has 1 rings (SSSR count). The minimum absolute atomic E-state index is 0.202. The Morgan fingerprint density at radius 3 is 2.25 bits per heavy atom. The third-order valence-corrected chi connectivity index (χ3v) is 3.71. The molecule has 2 unspecified atom stereocenters. The van der Waals surface area contributed by atoms with Crippen molar-refractivity contribution in [3.63, 3.8) is 0 Å². The minimum atomic E-state index is -0.345. The first-order valence-corrected chi connectivity index (χ1v) is 7.64. The number of unbranched alkanes of at least 4 members (excludes halogenated alkanes) is 2. The zero-order valence-electron chi connectivity index (χ0n) is 12.4. The van der Waals surface area contributed by atoms with Gasteiger partial charge >= 0.3 is 11.9 Å². The van der Waals surface area contributed by atoms with Crippen LogP contribution in [0.3, 0.4) is 0 Å². The van der Waals surface area contributed by atoms with Crippen LogP contribution < -0.4 is 0 Å². The van der Waals surface area contributed by atoms with Crippen LogP contribution in [0, 0.1) is 11.8 Å². The van der Waals surface area contributed by atoms with Gasteiger partial charge in [-0.25, -0.2) is 0 Å². The van der Waals surface area contributed by atoms with Crippen LogP contribution in [0.2, 0.25) is 0 Å². The summed E-state index contributed by atoms with van der Waals surface area (Å²) in [5, 5.41) is 0. The van der Waals surface area contributed by atoms with Gasteiger partial charge in [0.05, 0.1) is 18.4 Å². The highest BCUT2D eigenvalue weighted by Gasteiger charge is 2.37. The van der Waals surface area contributed by atoms with Crippen LogP contribution in [0.25, 0.3) is 0 Å². The Balaban J connectivity index is 2.47. The predicted octanol–water partition coefficient (Wildman–Crippen LogP) is 3.26. The molecular formula is C16H26O4. The lowest BCUT2D eigenvalue weighted by Gasteiger charge is -2.28. The van der Waals surface area contributed by atoms with Crippen LogP contribution in [0.4, 0.5) is 0 Å². The Labute approximate surface area is 121 Å². The lowest BCUT2D eigenvalue weighted by molar-refractivity contribution is -0.162. The summed E-state index contributed by atoms with van der Waals surface area (Å²) in [4.78, 5) is 24.1. The summed E-state index contributed by atoms with van der Waals surface area (Å²) < 4.78 is 10.4. The molecule has 0 heterocycles. The van der Waals surface area contributed by atoms with Gasteiger partial charge in [-0.3, -0.25) is 9.59 Å². The van der Waals surface area contributed by atoms with Gasteiger partial charge in [-0.05, 0) is 19.3 Å². The molecule has 20 heavy (non-hydrogen) atoms. The first-order chi connectivity index (χ1) is 9.70. The maximum atomic E-state index is 12.1. The molecule has 0 bridgehead atoms. The van der Waals surface area contributed by atoms with E-state index in [-0.39, 0.29) is 30.4 Å². The average Bonchev–Trinajstić information content (AvgIpc) is 2.49. The molecule has 0 spiro atoms. The summed E-state index contributed by atoms with van der Waals surface area (Å²) in [7, 11) is 0. The van der Waals surface area contributed by atoms with Crippen molar-refractivity contribution in [3.05, 3.63) is 12.7 Å². The maximum Gasteiger partial charge on any atom is 0.310 e. The van der Waals surface area contributed by atoms with Crippen molar-refractivity contribution in [1.29, 1.82) is 0 Å². The van der Waals surface area contributed by atoms with E-state index < -0.39 is 0 Å². The van der Waals surface area contributed by atoms with Gasteiger partial charge in [0.15, 0.2) is 0 Å². The van der Waals surface area contributed by atoms with E-state index in [9.17, 15) is 9.59 Å². The fraction of sp³-hybridized carbons (Fsp3) is 0.750. The third-order valence-electron chi connectivity index (χ3n) is 3.71. The van der Waals surface area contributed by atoms with Crippen molar-refractivity contribution in [2.75, 3.05) is 13.2 Å². The highest BCUT2D eigenvalue weighted by molar-refractivity contribution is 5.82. The number of rotatable bonds is 8. The summed E-state index contributed by atoms with van der Waals surface area (Å²) in [6.07, 6.45) is 7.96. The van der Waals surface area contributed by atoms with E-state index in [0.29, 0.717) is 13.0 Å². The van der Waals surface area contributed by atoms with E-state index in [0.717, 1.165) is 38.5 Å². The van der Waals surface area contributed by atoms with Crippen LogP contribution in [0.5, 0.6) is 0 Å². The number of hydrogen-bond donors (Lipinski definition) is 0. The molecule has 0 aromatic rings. The number of ether oxygens (including phenoxy) is 2. The Morgan fingerprint density at radius 2 is 1.70 bits per heavy atom. The lowest BCUT2D eigenvalue weighted by Crippen LogP contribution is -2.35. The fourth-order valence-electron chi connectivity index (χ4n) is 2.58. The molecule has 1 aliphatic rings. The standard InChI is InChI=1S/C16H26O4/c1-3-5-8-12-20-16(18)14-10-7-6-9-13(14)15(17)19-11-4-2/h4,13-14H,2-3,5-12H2,1H3. The van der Waals surface area contributed by atoms with Crippen LogP contribution in [-0.4, -0.2) is 25.2 Å². The zero-order valence-corrected chi connectivity index (χ0v) is 12.4. The summed E-state index contributed by atoms with van der Waals surface area (Å²) >= 11 is 0. The van der Waals surface area contributed by atoms with Crippen molar-refractivity contribution in [1.82, 2.24) is 0 Å². The molecule has 0 aromatic heterocycles. The van der Waals surface area contributed by atoms with E-state index in [1.807, 2.05) is 0 Å². The van der Waals surface area contributed by atoms with E-state index in [1.54, 1.807) is 6.08 Å². The molecular weight excluding hydrogens is 256 g/mol. The van der Waals surface area contributed by atoms with E-state index >= 15 is 0 Å². The summed E-state index contributed by atoms with van der Waals surface area (Å²) in [6.45, 7) is 6.28. The SMILES string of the molecule is C=CCOC(=O)C1CCCCC1C(=O)OCCCCC. The molecule has 1 aliphatic carbocycles. The predicted molar refractivity (Wildman–Crippen MR) is 77.1 cm³/mol. The highest BCUT2D eigenvalue weighted by Crippen LogP contribution is 2.32. The quantitative estimate of drug-likeness (QED) is 0.389. The van der Waals surface area contributed by atoms with Gasteiger partial charge in [-0.15, -0.1) is 0 Å². The van der Waals surface area contributed by atoms with Gasteiger partial charge < -0.3 is 9.47 Å². The molecule has 0 aromatic carbocycles. The van der Waals surface area contributed by atoms with Gasteiger partial charge in [0.1, 0.15) is 6.61 Å². The fourth-order valence-corrected chi connectivity index (χ4v) is 2.58. The first kappa shape index (κ1) is 16.7. The van der Waals surface area contributed by atoms with E-state index in [1.165, 1.54) is 0 Å². The summed E-state index contributed by atoms with van der Waals surface area (Å²) in [5.41, 5.74) is 0. The molecule has 0 radical (unpaired) electrons. The Kier molecular flexibility index (Phi) is 8.00. The third kappa shape index (κ3) is 5.35. The molecule has 1 saturated carbocycles. The topological polar surface area (TPSA) is 52.6 Å². The number of carbonyl (C=O) groups is 2. The van der Waals surface area contributed by atoms with Crippen LogP contribution in [0.1, 0.15) is 51.9 Å². The Hall–Kier alpha value is -1.32. The van der Waals surface area contributed by atoms with Gasteiger partial charge in [0, 0.05) is 0 Å². The number of carbonyl (C=O) groups excluding carboxylic acids is 2. The molecule has 4 heteroatoms. The number of hydrogen-bond acceptors (Lipinski definition) is 4. The first-order valence-electron chi connectivity index (χ1n) is 7.64. The molecule has 0 aliphatic heterocycles. The van der Waals surface area contributed by atoms with Gasteiger partial charge in [-0.2, -0.15) is 0 Å². The second-order valence-electron chi connectivity index (χ2n) is 5.29. The molecule has 114 valence electrons. The zero-order chi connectivity index (χ0) is 14.8. The van der Waals surface area contributed by atoms with Gasteiger partial charge in [0.2, 0.25) is 0 Å². The van der Waals surface area contributed by atoms with Crippen molar-refractivity contribution in [2.45, 2.75) is 51.9 Å². The minimum Gasteiger partial charge on any atom is -0.465 e. The highest BCUT2D eigenvalue weighted by atomic mass is 16.5. The van der Waals surface area contributed by atoms with Crippen molar-refractivity contribution >= 4 is 11.9 Å². The van der Waals surface area contributed by atoms with Crippen LogP contribution in [0.15, 0.2) is 12.7 Å². The molecule has 2 atom stereocenters. The second kappa shape index (κ2) is 9.56. The van der Waals surface area contributed by atoms with Gasteiger partial charge in [-0.1, -0.05) is 45.3 Å². The maximum absolute atomic E-state index is 12.1. The largest absolute Gasteiger partial charge is 0.465 e. The Morgan fingerprint density at radius 1 is 1.10 bits per heavy atom. The monoisotopic (exact) mass is 282 g/mol. The Bertz CT molecular complexity index is 324. The van der Waals surface area contributed by atoms with Gasteiger partial charge in [0.25, 0.3) is 0 Å². The molecule has 0 saturated heterocycles. The van der Waals surface area contributed by atoms with Crippen molar-refractivity contribution in [3.8, 4) is 0 Å².